The average molecular weight is 450 g/mol. The molecule has 0 unspecified atom stereocenters. The molecule has 2 aromatic carbocycles. The molecule has 158 valence electrons. The number of thioether (sulfide) groups is 1. The maximum atomic E-state index is 12.5. The number of hydrogen-bond donors (Lipinski definition) is 3. The van der Waals surface area contributed by atoms with Crippen molar-refractivity contribution >= 4 is 39.3 Å². The monoisotopic (exact) mass is 449 g/mol. The molecule has 4 rings (SSSR count). The molecule has 0 radical (unpaired) electrons. The van der Waals surface area contributed by atoms with E-state index in [1.807, 2.05) is 12.1 Å². The summed E-state index contributed by atoms with van der Waals surface area (Å²) in [5.41, 5.74) is 0.443. The second kappa shape index (κ2) is 8.54. The van der Waals surface area contributed by atoms with Crippen LogP contribution in [0.1, 0.15) is 0 Å². The van der Waals surface area contributed by atoms with Gasteiger partial charge in [0.2, 0.25) is 21.8 Å². The van der Waals surface area contributed by atoms with Crippen LogP contribution in [0, 0.1) is 0 Å². The van der Waals surface area contributed by atoms with Gasteiger partial charge in [0.05, 0.1) is 29.4 Å². The highest BCUT2D eigenvalue weighted by atomic mass is 32.2. The fourth-order valence-electron chi connectivity index (χ4n) is 2.93. The van der Waals surface area contributed by atoms with Gasteiger partial charge in [-0.2, -0.15) is 0 Å². The van der Waals surface area contributed by atoms with Crippen molar-refractivity contribution in [1.82, 2.24) is 10.0 Å². The van der Waals surface area contributed by atoms with Gasteiger partial charge in [0.25, 0.3) is 0 Å². The Kier molecular flexibility index (Phi) is 5.84. The molecule has 2 heterocycles. The molecule has 2 amide bonds. The standard InChI is InChI=1S/C19H19N3O6S2/c23-18(20-8-12-10-27-15-3-1-2-4-16(15)28-12)9-21-30(25,26)13-5-6-17-14(7-13)22-19(24)11-29-17/h1-7,12,21H,8-11H2,(H,20,23)(H,22,24)/t12-/m1/s1. The molecular weight excluding hydrogens is 430 g/mol. The predicted molar refractivity (Wildman–Crippen MR) is 110 cm³/mol. The van der Waals surface area contributed by atoms with E-state index in [1.165, 1.54) is 23.9 Å². The van der Waals surface area contributed by atoms with Crippen molar-refractivity contribution in [3.05, 3.63) is 42.5 Å². The first kappa shape index (κ1) is 20.5. The number of ether oxygens (including phenoxy) is 2. The number of sulfonamides is 1. The summed E-state index contributed by atoms with van der Waals surface area (Å²) in [6.07, 6.45) is -0.373. The Morgan fingerprint density at radius 1 is 1.20 bits per heavy atom. The normalized spacial score (nSPS) is 17.6. The first-order valence-corrected chi connectivity index (χ1v) is 11.6. The molecule has 3 N–H and O–H groups in total. The Balaban J connectivity index is 1.29. The average Bonchev–Trinajstić information content (AvgIpc) is 2.75. The molecule has 2 aromatic rings. The fourth-order valence-corrected chi connectivity index (χ4v) is 4.72. The molecule has 0 spiro atoms. The summed E-state index contributed by atoms with van der Waals surface area (Å²) in [4.78, 5) is 24.4. The van der Waals surface area contributed by atoms with Gasteiger partial charge in [0.1, 0.15) is 12.7 Å². The topological polar surface area (TPSA) is 123 Å². The summed E-state index contributed by atoms with van der Waals surface area (Å²) in [6.45, 7) is 0.0313. The Bertz CT molecular complexity index is 1090. The minimum absolute atomic E-state index is 0.0301. The zero-order valence-corrected chi connectivity index (χ0v) is 17.3. The first-order valence-electron chi connectivity index (χ1n) is 9.12. The second-order valence-electron chi connectivity index (χ2n) is 6.62. The van der Waals surface area contributed by atoms with E-state index >= 15 is 0 Å². The van der Waals surface area contributed by atoms with Crippen LogP contribution >= 0.6 is 11.8 Å². The molecule has 0 saturated heterocycles. The van der Waals surface area contributed by atoms with E-state index in [0.717, 1.165) is 4.90 Å². The summed E-state index contributed by atoms with van der Waals surface area (Å²) in [6, 6.07) is 11.7. The van der Waals surface area contributed by atoms with Gasteiger partial charge in [-0.3, -0.25) is 9.59 Å². The third-order valence-electron chi connectivity index (χ3n) is 4.41. The van der Waals surface area contributed by atoms with Crippen LogP contribution in [0.4, 0.5) is 5.69 Å². The van der Waals surface area contributed by atoms with Crippen molar-refractivity contribution in [1.29, 1.82) is 0 Å². The van der Waals surface area contributed by atoms with Crippen molar-refractivity contribution in [2.45, 2.75) is 15.9 Å². The molecule has 2 aliphatic heterocycles. The van der Waals surface area contributed by atoms with Gasteiger partial charge in [-0.05, 0) is 30.3 Å². The van der Waals surface area contributed by atoms with Crippen LogP contribution in [0.2, 0.25) is 0 Å². The smallest absolute Gasteiger partial charge is 0.241 e. The molecule has 1 atom stereocenters. The lowest BCUT2D eigenvalue weighted by atomic mass is 10.2. The highest BCUT2D eigenvalue weighted by Gasteiger charge is 2.23. The van der Waals surface area contributed by atoms with Gasteiger partial charge in [0.15, 0.2) is 11.5 Å². The lowest BCUT2D eigenvalue weighted by Crippen LogP contribution is -2.44. The number of benzene rings is 2. The van der Waals surface area contributed by atoms with Crippen molar-refractivity contribution in [2.24, 2.45) is 0 Å². The van der Waals surface area contributed by atoms with Crippen molar-refractivity contribution < 1.29 is 27.5 Å². The number of carbonyl (C=O) groups is 2. The zero-order chi connectivity index (χ0) is 21.1. The number of carbonyl (C=O) groups excluding carboxylic acids is 2. The largest absolute Gasteiger partial charge is 0.486 e. The number of para-hydroxylation sites is 2. The predicted octanol–water partition coefficient (Wildman–Crippen LogP) is 0.965. The van der Waals surface area contributed by atoms with E-state index in [0.29, 0.717) is 22.9 Å². The van der Waals surface area contributed by atoms with Crippen LogP contribution in [0.25, 0.3) is 0 Å². The lowest BCUT2D eigenvalue weighted by Gasteiger charge is -2.26. The SMILES string of the molecule is O=C(CNS(=O)(=O)c1ccc2c(c1)NC(=O)CS2)NC[C@@H]1COc2ccccc2O1. The summed E-state index contributed by atoms with van der Waals surface area (Å²) >= 11 is 1.34. The molecule has 9 nitrogen and oxygen atoms in total. The lowest BCUT2D eigenvalue weighted by molar-refractivity contribution is -0.120. The molecular formula is C19H19N3O6S2. The Hall–Kier alpha value is -2.76. The van der Waals surface area contributed by atoms with Crippen molar-refractivity contribution in [3.63, 3.8) is 0 Å². The number of amides is 2. The van der Waals surface area contributed by atoms with E-state index in [-0.39, 0.29) is 30.1 Å². The molecule has 0 aliphatic carbocycles. The summed E-state index contributed by atoms with van der Waals surface area (Å²) in [5, 5.41) is 5.28. The summed E-state index contributed by atoms with van der Waals surface area (Å²) in [5.74, 6) is 0.849. The molecule has 0 bridgehead atoms. The van der Waals surface area contributed by atoms with Crippen molar-refractivity contribution in [3.8, 4) is 11.5 Å². The summed E-state index contributed by atoms with van der Waals surface area (Å²) in [7, 11) is -3.92. The van der Waals surface area contributed by atoms with E-state index in [1.54, 1.807) is 18.2 Å². The molecule has 0 aromatic heterocycles. The van der Waals surface area contributed by atoms with Crippen LogP contribution in [0.3, 0.4) is 0 Å². The van der Waals surface area contributed by atoms with Gasteiger partial charge in [-0.15, -0.1) is 11.8 Å². The molecule has 11 heteroatoms. The number of nitrogens with one attached hydrogen (secondary N) is 3. The highest BCUT2D eigenvalue weighted by Crippen LogP contribution is 2.33. The number of hydrogen-bond acceptors (Lipinski definition) is 7. The van der Waals surface area contributed by atoms with E-state index in [4.69, 9.17) is 9.47 Å². The summed E-state index contributed by atoms with van der Waals surface area (Å²) < 4.78 is 38.6. The van der Waals surface area contributed by atoms with Gasteiger partial charge in [-0.25, -0.2) is 13.1 Å². The fraction of sp³-hybridized carbons (Fsp3) is 0.263. The van der Waals surface area contributed by atoms with E-state index in [2.05, 4.69) is 15.4 Å². The quantitative estimate of drug-likeness (QED) is 0.600. The third kappa shape index (κ3) is 4.69. The van der Waals surface area contributed by atoms with Gasteiger partial charge < -0.3 is 20.1 Å². The molecule has 2 aliphatic rings. The number of rotatable bonds is 6. The van der Waals surface area contributed by atoms with Crippen LogP contribution in [0.5, 0.6) is 11.5 Å². The van der Waals surface area contributed by atoms with E-state index in [9.17, 15) is 18.0 Å². The van der Waals surface area contributed by atoms with Gasteiger partial charge in [-0.1, -0.05) is 12.1 Å². The van der Waals surface area contributed by atoms with Crippen LogP contribution < -0.4 is 24.8 Å². The van der Waals surface area contributed by atoms with Gasteiger partial charge in [0, 0.05) is 4.90 Å². The molecule has 30 heavy (non-hydrogen) atoms. The maximum Gasteiger partial charge on any atom is 0.241 e. The molecule has 0 fully saturated rings. The van der Waals surface area contributed by atoms with E-state index < -0.39 is 22.5 Å². The third-order valence-corrected chi connectivity index (χ3v) is 6.88. The van der Waals surface area contributed by atoms with Crippen LogP contribution in [-0.4, -0.2) is 51.8 Å². The number of anilines is 1. The Morgan fingerprint density at radius 3 is 2.83 bits per heavy atom. The van der Waals surface area contributed by atoms with Crippen molar-refractivity contribution in [2.75, 3.05) is 30.8 Å². The molecule has 0 saturated carbocycles. The Morgan fingerprint density at radius 2 is 2.00 bits per heavy atom. The minimum Gasteiger partial charge on any atom is -0.486 e. The van der Waals surface area contributed by atoms with Crippen LogP contribution in [-0.2, 0) is 19.6 Å². The Labute approximate surface area is 177 Å². The first-order chi connectivity index (χ1) is 14.4. The highest BCUT2D eigenvalue weighted by molar-refractivity contribution is 8.00. The zero-order valence-electron chi connectivity index (χ0n) is 15.7. The van der Waals surface area contributed by atoms with Crippen LogP contribution in [0.15, 0.2) is 52.3 Å². The van der Waals surface area contributed by atoms with Gasteiger partial charge >= 0.3 is 0 Å². The minimum atomic E-state index is -3.92. The second-order valence-corrected chi connectivity index (χ2v) is 9.41. The maximum absolute atomic E-state index is 12.5. The number of fused-ring (bicyclic) bond motifs is 2.